The van der Waals surface area contributed by atoms with Crippen LogP contribution in [-0.4, -0.2) is 58.7 Å². The molecule has 34 heavy (non-hydrogen) atoms. The van der Waals surface area contributed by atoms with Gasteiger partial charge in [0.05, 0.1) is 40.7 Å². The van der Waals surface area contributed by atoms with Gasteiger partial charge in [0.2, 0.25) is 10.0 Å². The van der Waals surface area contributed by atoms with E-state index in [-0.39, 0.29) is 30.4 Å². The van der Waals surface area contributed by atoms with E-state index in [1.807, 2.05) is 13.8 Å². The zero-order chi connectivity index (χ0) is 24.6. The van der Waals surface area contributed by atoms with Crippen LogP contribution in [0.15, 0.2) is 53.4 Å². The number of fused-ring (bicyclic) bond motifs is 1. The first-order valence-electron chi connectivity index (χ1n) is 10.8. The van der Waals surface area contributed by atoms with E-state index in [0.29, 0.717) is 22.3 Å². The third-order valence-corrected chi connectivity index (χ3v) is 7.63. The number of hydrogen-bond donors (Lipinski definition) is 1. The topological polar surface area (TPSA) is 102 Å². The van der Waals surface area contributed by atoms with Crippen molar-refractivity contribution in [1.29, 1.82) is 0 Å². The fourth-order valence-corrected chi connectivity index (χ4v) is 5.95. The molecular weight excluding hydrogens is 468 g/mol. The van der Waals surface area contributed by atoms with E-state index in [2.05, 4.69) is 5.10 Å². The summed E-state index contributed by atoms with van der Waals surface area (Å²) in [6.45, 7) is 3.46. The molecule has 0 unspecified atom stereocenters. The first kappa shape index (κ1) is 24.1. The van der Waals surface area contributed by atoms with Gasteiger partial charge in [-0.2, -0.15) is 9.40 Å². The van der Waals surface area contributed by atoms with Crippen molar-refractivity contribution < 1.29 is 31.8 Å². The average molecular weight is 494 g/mol. The Balaban J connectivity index is 1.68. The Labute approximate surface area is 195 Å². The van der Waals surface area contributed by atoms with Crippen LogP contribution in [0.25, 0.3) is 10.9 Å². The SMILES string of the molecule is CC(C)Oc1ccc(S(=O)(=O)N2C[C@H](n3nc(CC(=O)O)c4ccccc43)C[C@@H]2C(F)F)cc1. The van der Waals surface area contributed by atoms with Crippen LogP contribution in [-0.2, 0) is 21.2 Å². The van der Waals surface area contributed by atoms with E-state index in [4.69, 9.17) is 4.74 Å². The lowest BCUT2D eigenvalue weighted by molar-refractivity contribution is -0.136. The van der Waals surface area contributed by atoms with Gasteiger partial charge in [-0.1, -0.05) is 18.2 Å². The monoisotopic (exact) mass is 493 g/mol. The number of halogens is 2. The van der Waals surface area contributed by atoms with Crippen LogP contribution in [0.2, 0.25) is 0 Å². The Morgan fingerprint density at radius 3 is 2.47 bits per heavy atom. The lowest BCUT2D eigenvalue weighted by atomic mass is 10.1. The minimum absolute atomic E-state index is 0.0973. The van der Waals surface area contributed by atoms with Crippen molar-refractivity contribution >= 4 is 26.9 Å². The summed E-state index contributed by atoms with van der Waals surface area (Å²) in [6, 6.07) is 10.4. The number of nitrogens with zero attached hydrogens (tertiary/aromatic N) is 3. The van der Waals surface area contributed by atoms with Crippen LogP contribution in [0.1, 0.15) is 32.0 Å². The molecule has 1 aliphatic heterocycles. The molecule has 8 nitrogen and oxygen atoms in total. The normalized spacial score (nSPS) is 19.4. The average Bonchev–Trinajstić information content (AvgIpc) is 3.36. The molecule has 1 aromatic heterocycles. The highest BCUT2D eigenvalue weighted by atomic mass is 32.2. The molecule has 0 radical (unpaired) electrons. The van der Waals surface area contributed by atoms with E-state index >= 15 is 0 Å². The van der Waals surface area contributed by atoms with Crippen molar-refractivity contribution in [2.75, 3.05) is 6.54 Å². The van der Waals surface area contributed by atoms with Gasteiger partial charge in [0.25, 0.3) is 6.43 Å². The number of rotatable bonds is 8. The largest absolute Gasteiger partial charge is 0.491 e. The fraction of sp³-hybridized carbons (Fsp3) is 0.391. The minimum atomic E-state index is -4.22. The van der Waals surface area contributed by atoms with Crippen molar-refractivity contribution in [3.63, 3.8) is 0 Å². The number of para-hydroxylation sites is 1. The Kier molecular flexibility index (Phi) is 6.59. The number of benzene rings is 2. The number of carboxylic acid groups (broad SMARTS) is 1. The van der Waals surface area contributed by atoms with Crippen LogP contribution in [0, 0.1) is 0 Å². The van der Waals surface area contributed by atoms with Crippen molar-refractivity contribution in [3.8, 4) is 5.75 Å². The molecule has 11 heteroatoms. The predicted octanol–water partition coefficient (Wildman–Crippen LogP) is 3.72. The number of aliphatic carboxylic acids is 1. The maximum Gasteiger partial charge on any atom is 0.309 e. The van der Waals surface area contributed by atoms with E-state index in [1.165, 1.54) is 28.9 Å². The van der Waals surface area contributed by atoms with Gasteiger partial charge in [-0.25, -0.2) is 17.2 Å². The lowest BCUT2D eigenvalue weighted by Crippen LogP contribution is -2.39. The second-order valence-corrected chi connectivity index (χ2v) is 10.4. The Morgan fingerprint density at radius 1 is 1.18 bits per heavy atom. The molecule has 2 heterocycles. The first-order valence-corrected chi connectivity index (χ1v) is 12.3. The molecule has 0 aliphatic carbocycles. The van der Waals surface area contributed by atoms with Crippen molar-refractivity contribution in [2.24, 2.45) is 0 Å². The number of aromatic nitrogens is 2. The molecule has 0 saturated carbocycles. The summed E-state index contributed by atoms with van der Waals surface area (Å²) in [5.74, 6) is -0.589. The molecule has 0 spiro atoms. The molecule has 0 amide bonds. The van der Waals surface area contributed by atoms with Crippen LogP contribution in [0.3, 0.4) is 0 Å². The molecule has 1 saturated heterocycles. The molecular formula is C23H25F2N3O5S. The van der Waals surface area contributed by atoms with Gasteiger partial charge in [-0.15, -0.1) is 0 Å². The second kappa shape index (κ2) is 9.30. The zero-order valence-electron chi connectivity index (χ0n) is 18.6. The molecule has 2 atom stereocenters. The maximum absolute atomic E-state index is 14.0. The third-order valence-electron chi connectivity index (χ3n) is 5.72. The fourth-order valence-electron chi connectivity index (χ4n) is 4.30. The highest BCUT2D eigenvalue weighted by Gasteiger charge is 2.46. The Morgan fingerprint density at radius 2 is 1.85 bits per heavy atom. The smallest absolute Gasteiger partial charge is 0.309 e. The summed E-state index contributed by atoms with van der Waals surface area (Å²) < 4.78 is 62.5. The van der Waals surface area contributed by atoms with E-state index < -0.39 is 34.5 Å². The molecule has 2 aromatic carbocycles. The second-order valence-electron chi connectivity index (χ2n) is 8.48. The molecule has 182 valence electrons. The van der Waals surface area contributed by atoms with E-state index in [9.17, 15) is 27.1 Å². The summed E-state index contributed by atoms with van der Waals surface area (Å²) in [4.78, 5) is 11.2. The van der Waals surface area contributed by atoms with Gasteiger partial charge in [-0.05, 0) is 50.6 Å². The standard InChI is InChI=1S/C23H25F2N3O5S/c1-14(2)33-16-7-9-17(10-8-16)34(31,32)27-13-15(11-21(27)23(24)25)28-20-6-4-3-5-18(20)19(26-28)12-22(29)30/h3-10,14-15,21,23H,11-13H2,1-2H3,(H,29,30)/t15-,21-/m1/s1. The van der Waals surface area contributed by atoms with Gasteiger partial charge in [0.1, 0.15) is 5.75 Å². The quantitative estimate of drug-likeness (QED) is 0.513. The Hall–Kier alpha value is -3.05. The van der Waals surface area contributed by atoms with Gasteiger partial charge in [-0.3, -0.25) is 9.48 Å². The highest BCUT2D eigenvalue weighted by molar-refractivity contribution is 7.89. The highest BCUT2D eigenvalue weighted by Crippen LogP contribution is 2.37. The number of carbonyl (C=O) groups is 1. The molecule has 1 aliphatic rings. The summed E-state index contributed by atoms with van der Waals surface area (Å²) in [6.07, 6.45) is -3.47. The first-order chi connectivity index (χ1) is 16.1. The number of hydrogen-bond acceptors (Lipinski definition) is 5. The third kappa shape index (κ3) is 4.62. The van der Waals surface area contributed by atoms with E-state index in [1.54, 1.807) is 24.3 Å². The predicted molar refractivity (Wildman–Crippen MR) is 121 cm³/mol. The van der Waals surface area contributed by atoms with Crippen molar-refractivity contribution in [3.05, 3.63) is 54.2 Å². The maximum atomic E-state index is 14.0. The molecule has 1 N–H and O–H groups in total. The van der Waals surface area contributed by atoms with Crippen LogP contribution >= 0.6 is 0 Å². The van der Waals surface area contributed by atoms with Gasteiger partial charge < -0.3 is 9.84 Å². The van der Waals surface area contributed by atoms with Crippen molar-refractivity contribution in [2.45, 2.75) is 56.2 Å². The number of sulfonamides is 1. The lowest BCUT2D eigenvalue weighted by Gasteiger charge is -2.23. The molecule has 1 fully saturated rings. The summed E-state index contributed by atoms with van der Waals surface area (Å²) in [7, 11) is -4.22. The number of carboxylic acids is 1. The van der Waals surface area contributed by atoms with E-state index in [0.717, 1.165) is 4.31 Å². The number of alkyl halides is 2. The van der Waals surface area contributed by atoms with Gasteiger partial charge in [0, 0.05) is 11.9 Å². The molecule has 3 aromatic rings. The van der Waals surface area contributed by atoms with Crippen LogP contribution in [0.4, 0.5) is 8.78 Å². The Bertz CT molecular complexity index is 1290. The minimum Gasteiger partial charge on any atom is -0.491 e. The van der Waals surface area contributed by atoms with Gasteiger partial charge in [0.15, 0.2) is 0 Å². The summed E-state index contributed by atoms with van der Waals surface area (Å²) in [5, 5.41) is 14.2. The molecule has 0 bridgehead atoms. The van der Waals surface area contributed by atoms with Crippen LogP contribution in [0.5, 0.6) is 5.75 Å². The van der Waals surface area contributed by atoms with Crippen LogP contribution < -0.4 is 4.74 Å². The molecule has 4 rings (SSSR count). The summed E-state index contributed by atoms with van der Waals surface area (Å²) in [5.41, 5.74) is 0.880. The summed E-state index contributed by atoms with van der Waals surface area (Å²) >= 11 is 0. The van der Waals surface area contributed by atoms with Gasteiger partial charge >= 0.3 is 5.97 Å². The number of ether oxygens (including phenoxy) is 1. The van der Waals surface area contributed by atoms with Crippen molar-refractivity contribution in [1.82, 2.24) is 14.1 Å². The zero-order valence-corrected chi connectivity index (χ0v) is 19.5.